The van der Waals surface area contributed by atoms with Gasteiger partial charge in [-0.15, -0.1) is 12.6 Å². The average Bonchev–Trinajstić information content (AvgIpc) is 1.96. The van der Waals surface area contributed by atoms with E-state index in [4.69, 9.17) is 11.6 Å². The topological polar surface area (TPSA) is 12.0 Å². The smallest absolute Gasteiger partial charge is 0.141 e. The maximum absolute atomic E-state index is 12.6. The molecule has 0 amide bonds. The van der Waals surface area contributed by atoms with E-state index < -0.39 is 5.82 Å². The Balaban J connectivity index is 2.89. The van der Waals surface area contributed by atoms with E-state index in [-0.39, 0.29) is 5.02 Å². The summed E-state index contributed by atoms with van der Waals surface area (Å²) < 4.78 is 12.9. The molecule has 0 aliphatic heterocycles. The molecule has 1 N–H and O–H groups in total. The maximum atomic E-state index is 12.6. The first-order valence-electron chi connectivity index (χ1n) is 3.04. The van der Waals surface area contributed by atoms with Crippen LogP contribution in [-0.2, 0) is 0 Å². The van der Waals surface area contributed by atoms with Crippen LogP contribution in [0, 0.1) is 5.82 Å². The minimum absolute atomic E-state index is 0.0598. The third kappa shape index (κ3) is 2.62. The lowest BCUT2D eigenvalue weighted by atomic mass is 10.3. The van der Waals surface area contributed by atoms with Crippen LogP contribution in [0.2, 0.25) is 5.02 Å². The summed E-state index contributed by atoms with van der Waals surface area (Å²) in [7, 11) is 0. The largest absolute Gasteiger partial charge is 0.341 e. The zero-order chi connectivity index (χ0) is 9.14. The first-order valence-corrected chi connectivity index (χ1v) is 4.28. The highest BCUT2D eigenvalue weighted by molar-refractivity contribution is 8.11. The summed E-state index contributed by atoms with van der Waals surface area (Å²) in [5, 5.41) is 2.78. The molecule has 0 spiro atoms. The van der Waals surface area contributed by atoms with Crippen LogP contribution in [0.4, 0.5) is 10.1 Å². The number of hydrogen-bond acceptors (Lipinski definition) is 1. The van der Waals surface area contributed by atoms with Crippen LogP contribution in [-0.4, -0.2) is 4.32 Å². The van der Waals surface area contributed by atoms with E-state index >= 15 is 0 Å². The van der Waals surface area contributed by atoms with Crippen LogP contribution < -0.4 is 5.32 Å². The van der Waals surface area contributed by atoms with Gasteiger partial charge in [-0.25, -0.2) is 4.39 Å². The van der Waals surface area contributed by atoms with Gasteiger partial charge in [0.1, 0.15) is 10.1 Å². The van der Waals surface area contributed by atoms with E-state index in [1.807, 2.05) is 0 Å². The summed E-state index contributed by atoms with van der Waals surface area (Å²) >= 11 is 14.0. The monoisotopic (exact) mass is 221 g/mol. The van der Waals surface area contributed by atoms with Crippen molar-refractivity contribution in [3.05, 3.63) is 29.0 Å². The normalized spacial score (nSPS) is 9.58. The predicted octanol–water partition coefficient (Wildman–Crippen LogP) is 3.11. The number of hydrogen-bond donors (Lipinski definition) is 2. The molecule has 0 saturated heterocycles. The minimum Gasteiger partial charge on any atom is -0.341 e. The first-order chi connectivity index (χ1) is 5.59. The fourth-order valence-corrected chi connectivity index (χ4v) is 1.12. The molecule has 0 saturated carbocycles. The number of thiol groups is 1. The molecule has 0 aliphatic rings. The fourth-order valence-electron chi connectivity index (χ4n) is 0.697. The molecule has 0 aliphatic carbocycles. The number of benzene rings is 1. The summed E-state index contributed by atoms with van der Waals surface area (Å²) in [4.78, 5) is 0. The van der Waals surface area contributed by atoms with Crippen molar-refractivity contribution in [2.24, 2.45) is 0 Å². The molecule has 0 aromatic heterocycles. The van der Waals surface area contributed by atoms with Crippen molar-refractivity contribution in [3.63, 3.8) is 0 Å². The molecule has 5 heteroatoms. The van der Waals surface area contributed by atoms with Crippen molar-refractivity contribution in [1.29, 1.82) is 0 Å². The number of rotatable bonds is 1. The molecule has 0 heterocycles. The second kappa shape index (κ2) is 4.07. The standard InChI is InChI=1S/C7H5ClFNS2/c8-5-3-4(10-7(11)12)1-2-6(5)9/h1-3H,(H2,10,11,12). The highest BCUT2D eigenvalue weighted by Crippen LogP contribution is 2.19. The Kier molecular flexibility index (Phi) is 3.31. The molecular weight excluding hydrogens is 217 g/mol. The summed E-state index contributed by atoms with van der Waals surface area (Å²) in [5.41, 5.74) is 0.626. The van der Waals surface area contributed by atoms with Gasteiger partial charge in [0.05, 0.1) is 5.02 Å². The van der Waals surface area contributed by atoms with Crippen molar-refractivity contribution in [3.8, 4) is 0 Å². The molecule has 1 aromatic rings. The Morgan fingerprint density at radius 3 is 2.75 bits per heavy atom. The van der Waals surface area contributed by atoms with Gasteiger partial charge in [-0.3, -0.25) is 0 Å². The predicted molar refractivity (Wildman–Crippen MR) is 56.6 cm³/mol. The minimum atomic E-state index is -0.452. The van der Waals surface area contributed by atoms with E-state index in [0.717, 1.165) is 0 Å². The lowest BCUT2D eigenvalue weighted by Crippen LogP contribution is -2.00. The lowest BCUT2D eigenvalue weighted by molar-refractivity contribution is 0.628. The van der Waals surface area contributed by atoms with Gasteiger partial charge in [-0.05, 0) is 18.2 Å². The zero-order valence-electron chi connectivity index (χ0n) is 5.84. The van der Waals surface area contributed by atoms with Crippen molar-refractivity contribution < 1.29 is 4.39 Å². The quantitative estimate of drug-likeness (QED) is 0.558. The molecule has 0 fully saturated rings. The molecule has 0 atom stereocenters. The second-order valence-corrected chi connectivity index (χ2v) is 3.62. The number of halogens is 2. The molecule has 1 aromatic carbocycles. The molecule has 1 rings (SSSR count). The summed E-state index contributed by atoms with van der Waals surface area (Å²) in [6.07, 6.45) is 0. The first kappa shape index (κ1) is 9.77. The van der Waals surface area contributed by atoms with E-state index in [9.17, 15) is 4.39 Å². The van der Waals surface area contributed by atoms with Crippen molar-refractivity contribution >= 4 is 46.5 Å². The Morgan fingerprint density at radius 2 is 2.25 bits per heavy atom. The van der Waals surface area contributed by atoms with Gasteiger partial charge < -0.3 is 5.32 Å². The van der Waals surface area contributed by atoms with Gasteiger partial charge in [0.25, 0.3) is 0 Å². The molecule has 0 unspecified atom stereocenters. The van der Waals surface area contributed by atoms with Crippen molar-refractivity contribution in [2.75, 3.05) is 5.32 Å². The summed E-state index contributed by atoms with van der Waals surface area (Å²) in [6, 6.07) is 4.24. The van der Waals surface area contributed by atoms with Gasteiger partial charge in [0, 0.05) is 5.69 Å². The molecular formula is C7H5ClFNS2. The molecule has 0 bridgehead atoms. The van der Waals surface area contributed by atoms with Gasteiger partial charge >= 0.3 is 0 Å². The van der Waals surface area contributed by atoms with E-state index in [2.05, 4.69) is 30.2 Å². The van der Waals surface area contributed by atoms with Crippen LogP contribution >= 0.6 is 36.4 Å². The van der Waals surface area contributed by atoms with Crippen molar-refractivity contribution in [1.82, 2.24) is 0 Å². The highest BCUT2D eigenvalue weighted by Gasteiger charge is 2.00. The van der Waals surface area contributed by atoms with Crippen LogP contribution in [0.1, 0.15) is 0 Å². The van der Waals surface area contributed by atoms with Crippen LogP contribution in [0.15, 0.2) is 18.2 Å². The second-order valence-electron chi connectivity index (χ2n) is 2.06. The third-order valence-corrected chi connectivity index (χ3v) is 1.67. The highest BCUT2D eigenvalue weighted by atomic mass is 35.5. The number of thiocarbonyl (C=S) groups is 1. The van der Waals surface area contributed by atoms with E-state index in [1.54, 1.807) is 0 Å². The van der Waals surface area contributed by atoms with Crippen LogP contribution in [0.25, 0.3) is 0 Å². The van der Waals surface area contributed by atoms with Gasteiger partial charge in [0.15, 0.2) is 0 Å². The lowest BCUT2D eigenvalue weighted by Gasteiger charge is -2.03. The Morgan fingerprint density at radius 1 is 1.58 bits per heavy atom. The fraction of sp³-hybridized carbons (Fsp3) is 0. The van der Waals surface area contributed by atoms with E-state index in [1.165, 1.54) is 18.2 Å². The van der Waals surface area contributed by atoms with Gasteiger partial charge in [0.2, 0.25) is 0 Å². The van der Waals surface area contributed by atoms with E-state index in [0.29, 0.717) is 10.0 Å². The maximum Gasteiger partial charge on any atom is 0.141 e. The molecule has 64 valence electrons. The Bertz CT molecular complexity index is 316. The zero-order valence-corrected chi connectivity index (χ0v) is 8.31. The number of anilines is 1. The molecule has 1 nitrogen and oxygen atoms in total. The van der Waals surface area contributed by atoms with Gasteiger partial charge in [-0.2, -0.15) is 0 Å². The third-order valence-electron chi connectivity index (χ3n) is 1.17. The van der Waals surface area contributed by atoms with Crippen LogP contribution in [0.3, 0.4) is 0 Å². The van der Waals surface area contributed by atoms with Gasteiger partial charge in [-0.1, -0.05) is 23.8 Å². The van der Waals surface area contributed by atoms with Crippen molar-refractivity contribution in [2.45, 2.75) is 0 Å². The average molecular weight is 222 g/mol. The number of nitrogens with one attached hydrogen (secondary N) is 1. The molecule has 0 radical (unpaired) electrons. The SMILES string of the molecule is Fc1ccc(NC(=S)S)cc1Cl. The Labute approximate surface area is 85.3 Å². The van der Waals surface area contributed by atoms with Crippen LogP contribution in [0.5, 0.6) is 0 Å². The Hall–Kier alpha value is -0.320. The molecule has 12 heavy (non-hydrogen) atoms. The summed E-state index contributed by atoms with van der Waals surface area (Å²) in [5.74, 6) is -0.452. The summed E-state index contributed by atoms with van der Waals surface area (Å²) in [6.45, 7) is 0.